The number of aliphatic hydroxyl groups is 1. The average Bonchev–Trinajstić information content (AvgIpc) is 2.47. The van der Waals surface area contributed by atoms with Crippen molar-refractivity contribution in [1.82, 2.24) is 9.97 Å². The van der Waals surface area contributed by atoms with Crippen LogP contribution in [0.25, 0.3) is 0 Å². The lowest BCUT2D eigenvalue weighted by molar-refractivity contribution is 0.110. The van der Waals surface area contributed by atoms with Gasteiger partial charge in [0.05, 0.1) is 6.10 Å². The van der Waals surface area contributed by atoms with Crippen LogP contribution in [0.2, 0.25) is 0 Å². The molecule has 2 heterocycles. The summed E-state index contributed by atoms with van der Waals surface area (Å²) in [5, 5.41) is 13.0. The van der Waals surface area contributed by atoms with Gasteiger partial charge in [-0.2, -0.15) is 0 Å². The maximum Gasteiger partial charge on any atom is 0.135 e. The third kappa shape index (κ3) is 4.06. The van der Waals surface area contributed by atoms with E-state index in [9.17, 15) is 5.11 Å². The van der Waals surface area contributed by atoms with Crippen molar-refractivity contribution < 1.29 is 5.11 Å². The van der Waals surface area contributed by atoms with Crippen LogP contribution in [0.3, 0.4) is 0 Å². The quantitative estimate of drug-likeness (QED) is 0.873. The van der Waals surface area contributed by atoms with Gasteiger partial charge in [0.15, 0.2) is 0 Å². The summed E-state index contributed by atoms with van der Waals surface area (Å²) < 4.78 is 0. The molecule has 1 aliphatic heterocycles. The van der Waals surface area contributed by atoms with E-state index in [0.717, 1.165) is 49.9 Å². The number of nitrogens with zero attached hydrogens (tertiary/aromatic N) is 3. The van der Waals surface area contributed by atoms with Crippen molar-refractivity contribution in [2.24, 2.45) is 5.92 Å². The van der Waals surface area contributed by atoms with Gasteiger partial charge in [0.1, 0.15) is 17.5 Å². The molecule has 118 valence electrons. The molecule has 21 heavy (non-hydrogen) atoms. The number of rotatable bonds is 5. The first kappa shape index (κ1) is 16.0. The number of aliphatic hydroxyl groups excluding tert-OH is 1. The SMILES string of the molecule is CCNc1cc(N2CCC(C(C)O)CC2)nc(C(C)C)n1. The summed E-state index contributed by atoms with van der Waals surface area (Å²) in [6.45, 7) is 11.0. The number of anilines is 2. The first-order valence-corrected chi connectivity index (χ1v) is 8.07. The summed E-state index contributed by atoms with van der Waals surface area (Å²) >= 11 is 0. The number of aromatic nitrogens is 2. The summed E-state index contributed by atoms with van der Waals surface area (Å²) in [7, 11) is 0. The van der Waals surface area contributed by atoms with Crippen LogP contribution >= 0.6 is 0 Å². The Morgan fingerprint density at radius 3 is 2.48 bits per heavy atom. The first-order chi connectivity index (χ1) is 10.0. The van der Waals surface area contributed by atoms with Crippen LogP contribution in [0.4, 0.5) is 11.6 Å². The average molecular weight is 292 g/mol. The Kier molecular flexibility index (Phi) is 5.39. The highest BCUT2D eigenvalue weighted by Crippen LogP contribution is 2.26. The second kappa shape index (κ2) is 7.07. The predicted octanol–water partition coefficient (Wildman–Crippen LogP) is 2.63. The topological polar surface area (TPSA) is 61.3 Å². The van der Waals surface area contributed by atoms with E-state index >= 15 is 0 Å². The molecular weight excluding hydrogens is 264 g/mol. The Hall–Kier alpha value is -1.36. The van der Waals surface area contributed by atoms with E-state index in [-0.39, 0.29) is 6.10 Å². The maximum atomic E-state index is 9.71. The van der Waals surface area contributed by atoms with Crippen molar-refractivity contribution >= 4 is 11.6 Å². The highest BCUT2D eigenvalue weighted by Gasteiger charge is 2.24. The van der Waals surface area contributed by atoms with Gasteiger partial charge >= 0.3 is 0 Å². The fourth-order valence-corrected chi connectivity index (χ4v) is 2.76. The number of nitrogens with one attached hydrogen (secondary N) is 1. The lowest BCUT2D eigenvalue weighted by Gasteiger charge is -2.34. The number of hydrogen-bond acceptors (Lipinski definition) is 5. The van der Waals surface area contributed by atoms with E-state index in [1.54, 1.807) is 0 Å². The highest BCUT2D eigenvalue weighted by molar-refractivity contribution is 5.50. The van der Waals surface area contributed by atoms with E-state index in [1.807, 2.05) is 13.0 Å². The van der Waals surface area contributed by atoms with Crippen molar-refractivity contribution in [2.45, 2.75) is 52.6 Å². The molecule has 2 N–H and O–H groups in total. The van der Waals surface area contributed by atoms with Crippen molar-refractivity contribution in [1.29, 1.82) is 0 Å². The Bertz CT molecular complexity index is 454. The molecule has 1 aromatic heterocycles. The molecule has 0 spiro atoms. The largest absolute Gasteiger partial charge is 0.393 e. The minimum atomic E-state index is -0.207. The smallest absolute Gasteiger partial charge is 0.135 e. The molecule has 1 aliphatic rings. The van der Waals surface area contributed by atoms with Crippen molar-refractivity contribution in [2.75, 3.05) is 29.9 Å². The Labute approximate surface area is 127 Å². The van der Waals surface area contributed by atoms with Gasteiger partial charge in [-0.05, 0) is 32.6 Å². The number of hydrogen-bond donors (Lipinski definition) is 2. The zero-order chi connectivity index (χ0) is 15.4. The summed E-state index contributed by atoms with van der Waals surface area (Å²) in [6, 6.07) is 2.04. The summed E-state index contributed by atoms with van der Waals surface area (Å²) in [6.07, 6.45) is 1.84. The van der Waals surface area contributed by atoms with E-state index < -0.39 is 0 Å². The van der Waals surface area contributed by atoms with Gasteiger partial charge in [-0.15, -0.1) is 0 Å². The summed E-state index contributed by atoms with van der Waals surface area (Å²) in [5.74, 6) is 3.54. The third-order valence-corrected chi connectivity index (χ3v) is 4.15. The Morgan fingerprint density at radius 2 is 1.95 bits per heavy atom. The van der Waals surface area contributed by atoms with Gasteiger partial charge in [0, 0.05) is 31.6 Å². The second-order valence-corrected chi connectivity index (χ2v) is 6.22. The van der Waals surface area contributed by atoms with Crippen LogP contribution < -0.4 is 10.2 Å². The van der Waals surface area contributed by atoms with Gasteiger partial charge in [-0.25, -0.2) is 9.97 Å². The molecule has 0 bridgehead atoms. The Balaban J connectivity index is 2.15. The molecule has 2 rings (SSSR count). The minimum absolute atomic E-state index is 0.207. The van der Waals surface area contributed by atoms with E-state index in [2.05, 4.69) is 36.0 Å². The zero-order valence-corrected chi connectivity index (χ0v) is 13.6. The number of piperidine rings is 1. The van der Waals surface area contributed by atoms with Crippen LogP contribution in [0.5, 0.6) is 0 Å². The van der Waals surface area contributed by atoms with Crippen molar-refractivity contribution in [3.63, 3.8) is 0 Å². The van der Waals surface area contributed by atoms with Gasteiger partial charge in [0.2, 0.25) is 0 Å². The second-order valence-electron chi connectivity index (χ2n) is 6.22. The minimum Gasteiger partial charge on any atom is -0.393 e. The third-order valence-electron chi connectivity index (χ3n) is 4.15. The Morgan fingerprint density at radius 1 is 1.29 bits per heavy atom. The molecule has 1 aromatic rings. The predicted molar refractivity (Wildman–Crippen MR) is 86.9 cm³/mol. The molecular formula is C16H28N4O. The van der Waals surface area contributed by atoms with Crippen LogP contribution in [0, 0.1) is 5.92 Å². The first-order valence-electron chi connectivity index (χ1n) is 8.07. The van der Waals surface area contributed by atoms with Crippen molar-refractivity contribution in [3.05, 3.63) is 11.9 Å². The standard InChI is InChI=1S/C16H28N4O/c1-5-17-14-10-15(19-16(18-14)11(2)3)20-8-6-13(7-9-20)12(4)21/h10-13,21H,5-9H2,1-4H3,(H,17,18,19). The van der Waals surface area contributed by atoms with Crippen LogP contribution in [0.15, 0.2) is 6.07 Å². The molecule has 5 nitrogen and oxygen atoms in total. The zero-order valence-electron chi connectivity index (χ0n) is 13.6. The molecule has 0 radical (unpaired) electrons. The van der Waals surface area contributed by atoms with Crippen molar-refractivity contribution in [3.8, 4) is 0 Å². The summed E-state index contributed by atoms with van der Waals surface area (Å²) in [5.41, 5.74) is 0. The molecule has 0 aromatic carbocycles. The van der Waals surface area contributed by atoms with Crippen LogP contribution in [-0.2, 0) is 0 Å². The van der Waals surface area contributed by atoms with Gasteiger partial charge in [-0.1, -0.05) is 13.8 Å². The molecule has 1 unspecified atom stereocenters. The lowest BCUT2D eigenvalue weighted by Crippen LogP contribution is -2.37. The van der Waals surface area contributed by atoms with Gasteiger partial charge in [-0.3, -0.25) is 0 Å². The molecule has 1 fully saturated rings. The normalized spacial score (nSPS) is 18.1. The van der Waals surface area contributed by atoms with Gasteiger partial charge in [0.25, 0.3) is 0 Å². The van der Waals surface area contributed by atoms with Gasteiger partial charge < -0.3 is 15.3 Å². The van der Waals surface area contributed by atoms with E-state index in [4.69, 9.17) is 4.98 Å². The molecule has 1 saturated heterocycles. The summed E-state index contributed by atoms with van der Waals surface area (Å²) in [4.78, 5) is 11.6. The van der Waals surface area contributed by atoms with E-state index in [1.165, 1.54) is 0 Å². The maximum absolute atomic E-state index is 9.71. The molecule has 0 amide bonds. The molecule has 1 atom stereocenters. The lowest BCUT2D eigenvalue weighted by atomic mass is 9.92. The fraction of sp³-hybridized carbons (Fsp3) is 0.750. The van der Waals surface area contributed by atoms with Crippen LogP contribution in [0.1, 0.15) is 52.3 Å². The van der Waals surface area contributed by atoms with E-state index in [0.29, 0.717) is 11.8 Å². The monoisotopic (exact) mass is 292 g/mol. The fourth-order valence-electron chi connectivity index (χ4n) is 2.76. The molecule has 5 heteroatoms. The van der Waals surface area contributed by atoms with Crippen LogP contribution in [-0.4, -0.2) is 40.8 Å². The highest BCUT2D eigenvalue weighted by atomic mass is 16.3. The molecule has 0 saturated carbocycles. The molecule has 0 aliphatic carbocycles.